The molecule has 1 aromatic carbocycles. The van der Waals surface area contributed by atoms with Crippen LogP contribution in [0.4, 0.5) is 0 Å². The minimum atomic E-state index is -0.337. The van der Waals surface area contributed by atoms with E-state index < -0.39 is 0 Å². The lowest BCUT2D eigenvalue weighted by Gasteiger charge is -2.15. The number of nitrogens with one attached hydrogen (secondary N) is 1. The molecular formula is C15H21NO5. The van der Waals surface area contributed by atoms with Crippen molar-refractivity contribution >= 4 is 5.91 Å². The van der Waals surface area contributed by atoms with Crippen molar-refractivity contribution in [2.75, 3.05) is 27.9 Å². The van der Waals surface area contributed by atoms with Gasteiger partial charge in [-0.15, -0.1) is 0 Å². The molecule has 1 aliphatic heterocycles. The number of ether oxygens (including phenoxy) is 4. The van der Waals surface area contributed by atoms with Gasteiger partial charge in [0, 0.05) is 24.8 Å². The maximum Gasteiger partial charge on any atom is 0.249 e. The van der Waals surface area contributed by atoms with Gasteiger partial charge in [-0.05, 0) is 18.9 Å². The molecule has 1 aliphatic rings. The van der Waals surface area contributed by atoms with Crippen LogP contribution in [-0.2, 0) is 16.1 Å². The van der Waals surface area contributed by atoms with Crippen molar-refractivity contribution in [3.05, 3.63) is 17.7 Å². The van der Waals surface area contributed by atoms with E-state index in [2.05, 4.69) is 5.32 Å². The molecule has 1 saturated heterocycles. The fourth-order valence-electron chi connectivity index (χ4n) is 2.31. The second-order valence-electron chi connectivity index (χ2n) is 4.74. The average molecular weight is 295 g/mol. The number of methoxy groups -OCH3 is 3. The lowest BCUT2D eigenvalue weighted by Crippen LogP contribution is -2.33. The van der Waals surface area contributed by atoms with E-state index >= 15 is 0 Å². The van der Waals surface area contributed by atoms with Gasteiger partial charge in [0.2, 0.25) is 5.91 Å². The maximum absolute atomic E-state index is 12.0. The summed E-state index contributed by atoms with van der Waals surface area (Å²) in [5.74, 6) is 1.73. The highest BCUT2D eigenvalue weighted by molar-refractivity contribution is 5.81. The number of carbonyl (C=O) groups excluding carboxylic acids is 1. The summed E-state index contributed by atoms with van der Waals surface area (Å²) in [5, 5.41) is 2.86. The SMILES string of the molecule is COc1cc(OC)c(OC)cc1CNC(=O)[C@H]1CCCO1. The predicted molar refractivity (Wildman–Crippen MR) is 76.9 cm³/mol. The molecule has 2 rings (SSSR count). The molecule has 21 heavy (non-hydrogen) atoms. The van der Waals surface area contributed by atoms with Gasteiger partial charge in [-0.1, -0.05) is 0 Å². The lowest BCUT2D eigenvalue weighted by molar-refractivity contribution is -0.130. The van der Waals surface area contributed by atoms with Gasteiger partial charge in [-0.3, -0.25) is 4.79 Å². The predicted octanol–water partition coefficient (Wildman–Crippen LogP) is 1.51. The van der Waals surface area contributed by atoms with Crippen molar-refractivity contribution in [2.45, 2.75) is 25.5 Å². The molecule has 1 amide bonds. The Morgan fingerprint density at radius 1 is 1.19 bits per heavy atom. The molecule has 0 spiro atoms. The summed E-state index contributed by atoms with van der Waals surface area (Å²) in [5.41, 5.74) is 0.821. The van der Waals surface area contributed by atoms with Crippen LogP contribution < -0.4 is 19.5 Å². The van der Waals surface area contributed by atoms with Crippen molar-refractivity contribution in [2.24, 2.45) is 0 Å². The van der Waals surface area contributed by atoms with Crippen molar-refractivity contribution in [3.63, 3.8) is 0 Å². The first-order chi connectivity index (χ1) is 10.2. The Balaban J connectivity index is 2.09. The Hall–Kier alpha value is -1.95. The highest BCUT2D eigenvalue weighted by Crippen LogP contribution is 2.34. The van der Waals surface area contributed by atoms with Gasteiger partial charge in [-0.25, -0.2) is 0 Å². The minimum Gasteiger partial charge on any atom is -0.496 e. The normalized spacial score (nSPS) is 17.4. The van der Waals surface area contributed by atoms with Gasteiger partial charge in [0.15, 0.2) is 11.5 Å². The number of benzene rings is 1. The van der Waals surface area contributed by atoms with E-state index in [1.165, 1.54) is 0 Å². The Labute approximate surface area is 124 Å². The lowest BCUT2D eigenvalue weighted by atomic mass is 10.1. The fourth-order valence-corrected chi connectivity index (χ4v) is 2.31. The monoisotopic (exact) mass is 295 g/mol. The Bertz CT molecular complexity index is 497. The van der Waals surface area contributed by atoms with Gasteiger partial charge in [-0.2, -0.15) is 0 Å². The first-order valence-corrected chi connectivity index (χ1v) is 6.87. The van der Waals surface area contributed by atoms with Crippen LogP contribution in [0, 0.1) is 0 Å². The van der Waals surface area contributed by atoms with Crippen LogP contribution in [0.1, 0.15) is 18.4 Å². The summed E-state index contributed by atoms with van der Waals surface area (Å²) in [6.07, 6.45) is 1.36. The molecule has 6 heteroatoms. The van der Waals surface area contributed by atoms with Gasteiger partial charge >= 0.3 is 0 Å². The topological polar surface area (TPSA) is 66.0 Å². The second-order valence-corrected chi connectivity index (χ2v) is 4.74. The molecular weight excluding hydrogens is 274 g/mol. The summed E-state index contributed by atoms with van der Waals surface area (Å²) >= 11 is 0. The summed E-state index contributed by atoms with van der Waals surface area (Å²) in [6, 6.07) is 3.54. The van der Waals surface area contributed by atoms with Crippen LogP contribution in [0.5, 0.6) is 17.2 Å². The van der Waals surface area contributed by atoms with Crippen LogP contribution in [0.3, 0.4) is 0 Å². The van der Waals surface area contributed by atoms with Crippen molar-refractivity contribution in [3.8, 4) is 17.2 Å². The molecule has 1 N–H and O–H groups in total. The van der Waals surface area contributed by atoms with E-state index in [4.69, 9.17) is 18.9 Å². The van der Waals surface area contributed by atoms with E-state index in [9.17, 15) is 4.79 Å². The molecule has 1 aromatic rings. The zero-order valence-electron chi connectivity index (χ0n) is 12.6. The van der Waals surface area contributed by atoms with Crippen LogP contribution in [0.2, 0.25) is 0 Å². The zero-order chi connectivity index (χ0) is 15.2. The summed E-state index contributed by atoms with van der Waals surface area (Å²) < 4.78 is 21.2. The van der Waals surface area contributed by atoms with Gasteiger partial charge in [0.05, 0.1) is 21.3 Å². The van der Waals surface area contributed by atoms with Crippen LogP contribution in [0.25, 0.3) is 0 Å². The number of carbonyl (C=O) groups is 1. The van der Waals surface area contributed by atoms with Crippen molar-refractivity contribution < 1.29 is 23.7 Å². The fraction of sp³-hybridized carbons (Fsp3) is 0.533. The molecule has 0 bridgehead atoms. The molecule has 1 atom stereocenters. The van der Waals surface area contributed by atoms with Crippen LogP contribution in [0.15, 0.2) is 12.1 Å². The van der Waals surface area contributed by atoms with E-state index in [0.29, 0.717) is 30.4 Å². The number of hydrogen-bond donors (Lipinski definition) is 1. The average Bonchev–Trinajstić information content (AvgIpc) is 3.06. The van der Waals surface area contributed by atoms with E-state index in [0.717, 1.165) is 18.4 Å². The first-order valence-electron chi connectivity index (χ1n) is 6.87. The first kappa shape index (κ1) is 15.4. The van der Waals surface area contributed by atoms with E-state index in [-0.39, 0.29) is 12.0 Å². The van der Waals surface area contributed by atoms with Gasteiger partial charge in [0.25, 0.3) is 0 Å². The van der Waals surface area contributed by atoms with E-state index in [1.54, 1.807) is 33.5 Å². The Morgan fingerprint density at radius 2 is 1.86 bits per heavy atom. The number of hydrogen-bond acceptors (Lipinski definition) is 5. The van der Waals surface area contributed by atoms with E-state index in [1.807, 2.05) is 0 Å². The molecule has 116 valence electrons. The maximum atomic E-state index is 12.0. The summed E-state index contributed by atoms with van der Waals surface area (Å²) in [6.45, 7) is 1.000. The molecule has 0 saturated carbocycles. The Morgan fingerprint density at radius 3 is 2.43 bits per heavy atom. The van der Waals surface area contributed by atoms with Crippen LogP contribution in [-0.4, -0.2) is 39.9 Å². The molecule has 0 radical (unpaired) electrons. The quantitative estimate of drug-likeness (QED) is 0.861. The third-order valence-corrected chi connectivity index (χ3v) is 3.46. The van der Waals surface area contributed by atoms with Crippen molar-refractivity contribution in [1.82, 2.24) is 5.32 Å². The van der Waals surface area contributed by atoms with Crippen LogP contribution >= 0.6 is 0 Å². The number of amides is 1. The Kier molecular flexibility index (Phi) is 5.27. The smallest absolute Gasteiger partial charge is 0.249 e. The van der Waals surface area contributed by atoms with Crippen molar-refractivity contribution in [1.29, 1.82) is 0 Å². The molecule has 0 aromatic heterocycles. The third-order valence-electron chi connectivity index (χ3n) is 3.46. The van der Waals surface area contributed by atoms with Gasteiger partial charge in [0.1, 0.15) is 11.9 Å². The molecule has 6 nitrogen and oxygen atoms in total. The third kappa shape index (κ3) is 3.58. The zero-order valence-corrected chi connectivity index (χ0v) is 12.6. The summed E-state index contributed by atoms with van der Waals surface area (Å²) in [4.78, 5) is 12.0. The highest BCUT2D eigenvalue weighted by atomic mass is 16.5. The van der Waals surface area contributed by atoms with Gasteiger partial charge < -0.3 is 24.3 Å². The standard InChI is InChI=1S/C15H21NO5/c1-18-12-8-14(20-3)13(19-2)7-10(12)9-16-15(17)11-5-4-6-21-11/h7-8,11H,4-6,9H2,1-3H3,(H,16,17)/t11-/m1/s1. The minimum absolute atomic E-state index is 0.0932. The molecule has 1 fully saturated rings. The molecule has 1 heterocycles. The number of rotatable bonds is 6. The molecule has 0 unspecified atom stereocenters. The second kappa shape index (κ2) is 7.17. The molecule has 0 aliphatic carbocycles. The highest BCUT2D eigenvalue weighted by Gasteiger charge is 2.23. The summed E-state index contributed by atoms with van der Waals surface area (Å²) in [7, 11) is 4.71. The largest absolute Gasteiger partial charge is 0.496 e.